The number of aliphatic hydroxyl groups is 1. The number of benzene rings is 2. The van der Waals surface area contributed by atoms with Crippen LogP contribution in [0.3, 0.4) is 0 Å². The molecule has 0 radical (unpaired) electrons. The zero-order chi connectivity index (χ0) is 33.0. The Hall–Kier alpha value is -3.54. The number of nitrogens with zero attached hydrogens (tertiary/aromatic N) is 4. The first kappa shape index (κ1) is 32.8. The first-order valence-corrected chi connectivity index (χ1v) is 17.2. The van der Waals surface area contributed by atoms with Gasteiger partial charge in [-0.1, -0.05) is 94.5 Å². The summed E-state index contributed by atoms with van der Waals surface area (Å²) in [5, 5.41) is 32.6. The number of aryl methyl sites for hydroxylation is 3. The number of carbonyl (C=O) groups is 2. The van der Waals surface area contributed by atoms with Crippen LogP contribution >= 0.6 is 34.4 Å². The van der Waals surface area contributed by atoms with Gasteiger partial charge in [0.1, 0.15) is 5.75 Å². The monoisotopic (exact) mass is 662 g/mol. The highest BCUT2D eigenvalue weighted by atomic mass is 32.2. The van der Waals surface area contributed by atoms with Crippen LogP contribution in [0.4, 0.5) is 5.13 Å². The second-order valence-electron chi connectivity index (χ2n) is 13.4. The maximum atomic E-state index is 14.2. The highest BCUT2D eigenvalue weighted by molar-refractivity contribution is 8.00. The zero-order valence-electron chi connectivity index (χ0n) is 27.0. The lowest BCUT2D eigenvalue weighted by Crippen LogP contribution is -2.31. The molecule has 1 atom stereocenters. The Morgan fingerprint density at radius 1 is 0.933 bits per heavy atom. The van der Waals surface area contributed by atoms with Gasteiger partial charge < -0.3 is 10.2 Å². The molecule has 45 heavy (non-hydrogen) atoms. The molecule has 236 valence electrons. The van der Waals surface area contributed by atoms with Crippen molar-refractivity contribution in [3.05, 3.63) is 91.1 Å². The highest BCUT2D eigenvalue weighted by Gasteiger charge is 2.47. The van der Waals surface area contributed by atoms with E-state index in [-0.39, 0.29) is 16.5 Å². The van der Waals surface area contributed by atoms with Gasteiger partial charge in [-0.25, -0.2) is 4.98 Å². The number of phenols is 1. The van der Waals surface area contributed by atoms with E-state index in [2.05, 4.69) is 39.4 Å². The SMILES string of the molecule is Cc1ccc(CSc2nnc(N3C(=O)C(O)=C(C(=O)c4sc(C)nc4C)C3c3cc(C(C)(C)C)c(O)c(C(C)(C)C)c3)s2)cc1. The number of anilines is 1. The minimum Gasteiger partial charge on any atom is -0.507 e. The van der Waals surface area contributed by atoms with Crippen LogP contribution in [0, 0.1) is 20.8 Å². The van der Waals surface area contributed by atoms with Crippen LogP contribution in [-0.4, -0.2) is 37.1 Å². The van der Waals surface area contributed by atoms with E-state index in [9.17, 15) is 19.8 Å². The molecular formula is C34H38N4O4S3. The number of amides is 1. The molecule has 2 aromatic carbocycles. The third kappa shape index (κ3) is 6.43. The normalized spacial score (nSPS) is 15.8. The summed E-state index contributed by atoms with van der Waals surface area (Å²) in [6.07, 6.45) is 0. The van der Waals surface area contributed by atoms with Crippen LogP contribution < -0.4 is 4.90 Å². The van der Waals surface area contributed by atoms with Gasteiger partial charge in [0.05, 0.1) is 27.2 Å². The van der Waals surface area contributed by atoms with Gasteiger partial charge in [0, 0.05) is 5.75 Å². The van der Waals surface area contributed by atoms with E-state index in [0.29, 0.717) is 42.4 Å². The average Bonchev–Trinajstić information content (AvgIpc) is 3.62. The zero-order valence-corrected chi connectivity index (χ0v) is 29.4. The summed E-state index contributed by atoms with van der Waals surface area (Å²) >= 11 is 3.97. The molecule has 1 aliphatic heterocycles. The molecule has 1 amide bonds. The summed E-state index contributed by atoms with van der Waals surface area (Å²) in [4.78, 5) is 34.3. The van der Waals surface area contributed by atoms with Gasteiger partial charge in [-0.3, -0.25) is 14.5 Å². The Morgan fingerprint density at radius 3 is 2.07 bits per heavy atom. The third-order valence-corrected chi connectivity index (χ3v) is 10.9. The lowest BCUT2D eigenvalue weighted by atomic mass is 9.77. The second-order valence-corrected chi connectivity index (χ2v) is 16.8. The maximum absolute atomic E-state index is 14.2. The molecule has 0 saturated heterocycles. The van der Waals surface area contributed by atoms with E-state index in [4.69, 9.17) is 0 Å². The molecule has 8 nitrogen and oxygen atoms in total. The number of hydrogen-bond acceptors (Lipinski definition) is 10. The fourth-order valence-corrected chi connectivity index (χ4v) is 8.06. The minimum atomic E-state index is -1.00. The van der Waals surface area contributed by atoms with Crippen molar-refractivity contribution >= 4 is 51.3 Å². The number of carbonyl (C=O) groups excluding carboxylic acids is 2. The summed E-state index contributed by atoms with van der Waals surface area (Å²) in [6, 6.07) is 10.9. The molecule has 0 aliphatic carbocycles. The lowest BCUT2D eigenvalue weighted by molar-refractivity contribution is -0.117. The number of aromatic hydroxyl groups is 1. The number of ketones is 1. The quantitative estimate of drug-likeness (QED) is 0.115. The molecule has 0 bridgehead atoms. The largest absolute Gasteiger partial charge is 0.507 e. The fourth-order valence-electron chi connectivity index (χ4n) is 5.36. The Balaban J connectivity index is 1.65. The van der Waals surface area contributed by atoms with Crippen LogP contribution in [0.25, 0.3) is 0 Å². The average molecular weight is 663 g/mol. The van der Waals surface area contributed by atoms with E-state index >= 15 is 0 Å². The van der Waals surface area contributed by atoms with Crippen LogP contribution in [-0.2, 0) is 21.4 Å². The molecule has 0 saturated carbocycles. The number of rotatable bonds is 7. The van der Waals surface area contributed by atoms with Gasteiger partial charge >= 0.3 is 0 Å². The summed E-state index contributed by atoms with van der Waals surface area (Å²) in [7, 11) is 0. The fraction of sp³-hybridized carbons (Fsp3) is 0.382. The second kappa shape index (κ2) is 12.0. The van der Waals surface area contributed by atoms with E-state index in [0.717, 1.165) is 5.56 Å². The minimum absolute atomic E-state index is 0.0405. The number of thioether (sulfide) groups is 1. The molecule has 0 fully saturated rings. The summed E-state index contributed by atoms with van der Waals surface area (Å²) in [5.74, 6) is -0.961. The number of Topliss-reactive ketones (excluding diaryl/α,β-unsaturated/α-hetero) is 1. The number of phenolic OH excluding ortho intramolecular Hbond substituents is 1. The van der Waals surface area contributed by atoms with Gasteiger partial charge in [-0.15, -0.1) is 21.5 Å². The van der Waals surface area contributed by atoms with Crippen LogP contribution in [0.1, 0.15) is 95.8 Å². The van der Waals surface area contributed by atoms with E-state index in [1.807, 2.05) is 67.5 Å². The van der Waals surface area contributed by atoms with E-state index in [1.165, 1.54) is 44.9 Å². The Labute approximate surface area is 276 Å². The van der Waals surface area contributed by atoms with Gasteiger partial charge in [-0.05, 0) is 66.0 Å². The van der Waals surface area contributed by atoms with Crippen molar-refractivity contribution in [2.75, 3.05) is 4.90 Å². The number of thiazole rings is 1. The molecule has 0 spiro atoms. The van der Waals surface area contributed by atoms with Crippen LogP contribution in [0.15, 0.2) is 52.1 Å². The predicted molar refractivity (Wildman–Crippen MR) is 182 cm³/mol. The van der Waals surface area contributed by atoms with Crippen molar-refractivity contribution in [1.29, 1.82) is 0 Å². The summed E-state index contributed by atoms with van der Waals surface area (Å²) < 4.78 is 0.654. The number of hydrogen-bond donors (Lipinski definition) is 2. The molecule has 2 aromatic heterocycles. The first-order chi connectivity index (χ1) is 21.0. The van der Waals surface area contributed by atoms with Crippen molar-refractivity contribution in [2.45, 2.75) is 89.3 Å². The lowest BCUT2D eigenvalue weighted by Gasteiger charge is -2.31. The van der Waals surface area contributed by atoms with Crippen molar-refractivity contribution in [2.24, 2.45) is 0 Å². The molecule has 3 heterocycles. The van der Waals surface area contributed by atoms with Crippen molar-refractivity contribution in [3.63, 3.8) is 0 Å². The molecule has 1 unspecified atom stereocenters. The standard InChI is InChI=1S/C34H38N4O4S3/c1-17-10-12-20(13-11-17)16-43-32-37-36-31(45-32)38-25(21-14-22(33(4,5)6)26(39)23(15-21)34(7,8)9)24(28(41)30(38)42)27(40)29-18(2)35-19(3)44-29/h10-15,25,39,41H,16H2,1-9H3. The molecule has 11 heteroatoms. The van der Waals surface area contributed by atoms with Crippen molar-refractivity contribution in [1.82, 2.24) is 15.2 Å². The summed E-state index contributed by atoms with van der Waals surface area (Å²) in [6.45, 7) is 17.6. The Bertz CT molecular complexity index is 1790. The van der Waals surface area contributed by atoms with Crippen LogP contribution in [0.5, 0.6) is 5.75 Å². The highest BCUT2D eigenvalue weighted by Crippen LogP contribution is 2.48. The summed E-state index contributed by atoms with van der Waals surface area (Å²) in [5.41, 5.74) is 3.82. The number of aromatic nitrogens is 3. The third-order valence-electron chi connectivity index (χ3n) is 7.71. The first-order valence-electron chi connectivity index (χ1n) is 14.6. The molecular weight excluding hydrogens is 625 g/mol. The molecule has 4 aromatic rings. The van der Waals surface area contributed by atoms with E-state index < -0.39 is 34.3 Å². The molecule has 2 N–H and O–H groups in total. The van der Waals surface area contributed by atoms with Crippen LogP contribution in [0.2, 0.25) is 0 Å². The Kier molecular flexibility index (Phi) is 8.76. The Morgan fingerprint density at radius 2 is 1.53 bits per heavy atom. The topological polar surface area (TPSA) is 117 Å². The number of aliphatic hydroxyl groups excluding tert-OH is 1. The van der Waals surface area contributed by atoms with Crippen molar-refractivity contribution < 1.29 is 19.8 Å². The van der Waals surface area contributed by atoms with E-state index in [1.54, 1.807) is 6.92 Å². The molecule has 1 aliphatic rings. The van der Waals surface area contributed by atoms with Gasteiger partial charge in [0.25, 0.3) is 5.91 Å². The predicted octanol–water partition coefficient (Wildman–Crippen LogP) is 8.30. The van der Waals surface area contributed by atoms with Gasteiger partial charge in [0.2, 0.25) is 10.9 Å². The van der Waals surface area contributed by atoms with Crippen molar-refractivity contribution in [3.8, 4) is 5.75 Å². The van der Waals surface area contributed by atoms with Gasteiger partial charge in [-0.2, -0.15) is 0 Å². The smallest absolute Gasteiger partial charge is 0.296 e. The maximum Gasteiger partial charge on any atom is 0.296 e. The van der Waals surface area contributed by atoms with Gasteiger partial charge in [0.15, 0.2) is 10.1 Å². The molecule has 5 rings (SSSR count).